The van der Waals surface area contributed by atoms with Gasteiger partial charge in [0.1, 0.15) is 0 Å². The minimum atomic E-state index is 0.137. The molecule has 0 amide bonds. The fourth-order valence-electron chi connectivity index (χ4n) is 3.04. The number of nitrogens with one attached hydrogen (secondary N) is 1. The maximum absolute atomic E-state index is 5.72. The molecule has 21 heavy (non-hydrogen) atoms. The minimum absolute atomic E-state index is 0.137. The second-order valence-electron chi connectivity index (χ2n) is 7.02. The van der Waals surface area contributed by atoms with E-state index in [2.05, 4.69) is 69.1 Å². The van der Waals surface area contributed by atoms with E-state index < -0.39 is 0 Å². The molecule has 2 atom stereocenters. The van der Waals surface area contributed by atoms with Gasteiger partial charge >= 0.3 is 0 Å². The zero-order valence-electron chi connectivity index (χ0n) is 14.1. The molecule has 1 heterocycles. The van der Waals surface area contributed by atoms with Gasteiger partial charge in [-0.05, 0) is 58.7 Å². The molecular weight excluding hydrogens is 260 g/mol. The Kier molecular flexibility index (Phi) is 5.28. The van der Waals surface area contributed by atoms with Crippen molar-refractivity contribution in [2.24, 2.45) is 0 Å². The highest BCUT2D eigenvalue weighted by molar-refractivity contribution is 5.49. The van der Waals surface area contributed by atoms with Crippen molar-refractivity contribution in [1.82, 2.24) is 5.32 Å². The second kappa shape index (κ2) is 6.80. The Morgan fingerprint density at radius 3 is 2.52 bits per heavy atom. The van der Waals surface area contributed by atoms with Crippen molar-refractivity contribution in [3.05, 3.63) is 29.8 Å². The molecular formula is C18H30N2O. The van der Waals surface area contributed by atoms with E-state index in [0.29, 0.717) is 12.1 Å². The quantitative estimate of drug-likeness (QED) is 0.894. The molecule has 0 aromatic heterocycles. The van der Waals surface area contributed by atoms with Crippen LogP contribution in [0.1, 0.15) is 52.6 Å². The SMILES string of the molecule is CCO[C@@H]1CCN(c2ccc(C(C)NC(C)(C)C)cc2)C1. The molecule has 1 unspecified atom stereocenters. The van der Waals surface area contributed by atoms with Crippen LogP contribution >= 0.6 is 0 Å². The summed E-state index contributed by atoms with van der Waals surface area (Å²) < 4.78 is 5.72. The molecule has 2 rings (SSSR count). The molecule has 0 saturated carbocycles. The van der Waals surface area contributed by atoms with Crippen LogP contribution in [0.15, 0.2) is 24.3 Å². The number of anilines is 1. The Balaban J connectivity index is 1.96. The van der Waals surface area contributed by atoms with Crippen molar-refractivity contribution in [2.45, 2.75) is 58.7 Å². The van der Waals surface area contributed by atoms with Crippen LogP contribution in [0.5, 0.6) is 0 Å². The number of hydrogen-bond donors (Lipinski definition) is 1. The molecule has 1 aromatic rings. The Morgan fingerprint density at radius 1 is 1.29 bits per heavy atom. The lowest BCUT2D eigenvalue weighted by Gasteiger charge is -2.27. The molecule has 0 spiro atoms. The molecule has 3 nitrogen and oxygen atoms in total. The third kappa shape index (κ3) is 4.72. The van der Waals surface area contributed by atoms with Gasteiger partial charge in [0.25, 0.3) is 0 Å². The lowest BCUT2D eigenvalue weighted by atomic mass is 10.0. The van der Waals surface area contributed by atoms with Crippen LogP contribution < -0.4 is 10.2 Å². The zero-order chi connectivity index (χ0) is 15.5. The summed E-state index contributed by atoms with van der Waals surface area (Å²) in [4.78, 5) is 2.42. The van der Waals surface area contributed by atoms with Gasteiger partial charge in [-0.1, -0.05) is 12.1 Å². The summed E-state index contributed by atoms with van der Waals surface area (Å²) in [6, 6.07) is 9.34. The van der Waals surface area contributed by atoms with E-state index in [9.17, 15) is 0 Å². The van der Waals surface area contributed by atoms with Crippen molar-refractivity contribution < 1.29 is 4.74 Å². The number of rotatable bonds is 5. The fraction of sp³-hybridized carbons (Fsp3) is 0.667. The van der Waals surface area contributed by atoms with E-state index in [1.165, 1.54) is 11.3 Å². The number of hydrogen-bond acceptors (Lipinski definition) is 3. The Bertz CT molecular complexity index is 436. The van der Waals surface area contributed by atoms with E-state index in [4.69, 9.17) is 4.74 Å². The molecule has 1 aromatic carbocycles. The van der Waals surface area contributed by atoms with Gasteiger partial charge in [0.15, 0.2) is 0 Å². The van der Waals surface area contributed by atoms with Crippen LogP contribution in [-0.2, 0) is 4.74 Å². The first-order valence-corrected chi connectivity index (χ1v) is 8.13. The lowest BCUT2D eigenvalue weighted by Crippen LogP contribution is -2.37. The van der Waals surface area contributed by atoms with Crippen LogP contribution in [0.2, 0.25) is 0 Å². The van der Waals surface area contributed by atoms with Gasteiger partial charge in [-0.25, -0.2) is 0 Å². The monoisotopic (exact) mass is 290 g/mol. The summed E-state index contributed by atoms with van der Waals surface area (Å²) in [6.07, 6.45) is 1.54. The summed E-state index contributed by atoms with van der Waals surface area (Å²) >= 11 is 0. The smallest absolute Gasteiger partial charge is 0.0766 e. The molecule has 0 aliphatic carbocycles. The zero-order valence-corrected chi connectivity index (χ0v) is 14.1. The van der Waals surface area contributed by atoms with E-state index in [1.807, 2.05) is 0 Å². The minimum Gasteiger partial charge on any atom is -0.377 e. The largest absolute Gasteiger partial charge is 0.377 e. The first-order chi connectivity index (χ1) is 9.89. The van der Waals surface area contributed by atoms with E-state index in [0.717, 1.165) is 26.1 Å². The highest BCUT2D eigenvalue weighted by Crippen LogP contribution is 2.24. The summed E-state index contributed by atoms with van der Waals surface area (Å²) in [5, 5.41) is 3.61. The van der Waals surface area contributed by atoms with Crippen molar-refractivity contribution >= 4 is 5.69 Å². The molecule has 3 heteroatoms. The van der Waals surface area contributed by atoms with Crippen LogP contribution in [0.25, 0.3) is 0 Å². The average Bonchev–Trinajstić information content (AvgIpc) is 2.86. The Morgan fingerprint density at radius 2 is 1.95 bits per heavy atom. The van der Waals surface area contributed by atoms with Crippen LogP contribution in [0.3, 0.4) is 0 Å². The average molecular weight is 290 g/mol. The molecule has 1 aliphatic heterocycles. The maximum atomic E-state index is 5.72. The molecule has 118 valence electrons. The van der Waals surface area contributed by atoms with Gasteiger partial charge < -0.3 is 15.0 Å². The summed E-state index contributed by atoms with van der Waals surface area (Å²) in [7, 11) is 0. The molecule has 1 saturated heterocycles. The lowest BCUT2D eigenvalue weighted by molar-refractivity contribution is 0.0787. The molecule has 1 aliphatic rings. The number of ether oxygens (including phenoxy) is 1. The van der Waals surface area contributed by atoms with Gasteiger partial charge in [0.05, 0.1) is 6.10 Å². The molecule has 1 N–H and O–H groups in total. The summed E-state index contributed by atoms with van der Waals surface area (Å²) in [6.45, 7) is 13.8. The normalized spacial score (nSPS) is 20.8. The van der Waals surface area contributed by atoms with Crippen molar-refractivity contribution in [1.29, 1.82) is 0 Å². The first kappa shape index (κ1) is 16.3. The summed E-state index contributed by atoms with van der Waals surface area (Å²) in [5.74, 6) is 0. The standard InChI is InChI=1S/C18H30N2O/c1-6-21-17-11-12-20(13-17)16-9-7-15(8-10-16)14(2)19-18(3,4)5/h7-10,14,17,19H,6,11-13H2,1-5H3/t14?,17-/m1/s1. The summed E-state index contributed by atoms with van der Waals surface area (Å²) in [5.41, 5.74) is 2.79. The fourth-order valence-corrected chi connectivity index (χ4v) is 3.04. The van der Waals surface area contributed by atoms with Crippen molar-refractivity contribution in [3.63, 3.8) is 0 Å². The molecule has 0 bridgehead atoms. The number of nitrogens with zero attached hydrogens (tertiary/aromatic N) is 1. The second-order valence-corrected chi connectivity index (χ2v) is 7.02. The highest BCUT2D eigenvalue weighted by atomic mass is 16.5. The van der Waals surface area contributed by atoms with Crippen molar-refractivity contribution in [2.75, 3.05) is 24.6 Å². The predicted octanol–water partition coefficient (Wildman–Crippen LogP) is 3.75. The maximum Gasteiger partial charge on any atom is 0.0766 e. The van der Waals surface area contributed by atoms with E-state index >= 15 is 0 Å². The van der Waals surface area contributed by atoms with Gasteiger partial charge in [-0.3, -0.25) is 0 Å². The molecule has 1 fully saturated rings. The van der Waals surface area contributed by atoms with Crippen LogP contribution in [-0.4, -0.2) is 31.3 Å². The number of benzene rings is 1. The van der Waals surface area contributed by atoms with Gasteiger partial charge in [0, 0.05) is 37.0 Å². The topological polar surface area (TPSA) is 24.5 Å². The molecule has 0 radical (unpaired) electrons. The predicted molar refractivity (Wildman–Crippen MR) is 90.0 cm³/mol. The Labute approximate surface area is 129 Å². The van der Waals surface area contributed by atoms with Gasteiger partial charge in [0.2, 0.25) is 0 Å². The third-order valence-electron chi connectivity index (χ3n) is 3.96. The highest BCUT2D eigenvalue weighted by Gasteiger charge is 2.23. The third-order valence-corrected chi connectivity index (χ3v) is 3.96. The van der Waals surface area contributed by atoms with Crippen LogP contribution in [0, 0.1) is 0 Å². The van der Waals surface area contributed by atoms with Crippen LogP contribution in [0.4, 0.5) is 5.69 Å². The van der Waals surface area contributed by atoms with Gasteiger partial charge in [-0.15, -0.1) is 0 Å². The van der Waals surface area contributed by atoms with E-state index in [1.54, 1.807) is 0 Å². The Hall–Kier alpha value is -1.06. The van der Waals surface area contributed by atoms with E-state index in [-0.39, 0.29) is 5.54 Å². The van der Waals surface area contributed by atoms with Crippen molar-refractivity contribution in [3.8, 4) is 0 Å². The van der Waals surface area contributed by atoms with Gasteiger partial charge in [-0.2, -0.15) is 0 Å². The first-order valence-electron chi connectivity index (χ1n) is 8.13.